The predicted molar refractivity (Wildman–Crippen MR) is 65.1 cm³/mol. The van der Waals surface area contributed by atoms with E-state index in [1.165, 1.54) is 0 Å². The van der Waals surface area contributed by atoms with Crippen molar-refractivity contribution in [1.82, 2.24) is 9.55 Å². The molecule has 1 aliphatic heterocycles. The van der Waals surface area contributed by atoms with Crippen molar-refractivity contribution in [2.24, 2.45) is 0 Å². The van der Waals surface area contributed by atoms with Gasteiger partial charge in [-0.3, -0.25) is 4.57 Å². The molecule has 1 aromatic rings. The summed E-state index contributed by atoms with van der Waals surface area (Å²) < 4.78 is 37.7. The van der Waals surface area contributed by atoms with Crippen molar-refractivity contribution in [3.8, 4) is 0 Å². The molecule has 1 saturated heterocycles. The van der Waals surface area contributed by atoms with Gasteiger partial charge >= 0.3 is 20.2 Å². The Kier molecular flexibility index (Phi) is 4.51. The Bertz CT molecular complexity index is 571. The summed E-state index contributed by atoms with van der Waals surface area (Å²) >= 11 is 0. The van der Waals surface area contributed by atoms with Crippen LogP contribution in [-0.2, 0) is 9.26 Å². The van der Waals surface area contributed by atoms with Gasteiger partial charge in [0, 0.05) is 6.20 Å². The maximum Gasteiger partial charge on any atom is 0.351 e. The average molecular weight is 327 g/mol. The van der Waals surface area contributed by atoms with Gasteiger partial charge in [-0.2, -0.15) is 13.8 Å². The van der Waals surface area contributed by atoms with E-state index in [9.17, 15) is 18.7 Å². The van der Waals surface area contributed by atoms with Crippen LogP contribution in [0.25, 0.3) is 0 Å². The van der Waals surface area contributed by atoms with Crippen molar-refractivity contribution >= 4 is 14.4 Å². The Labute approximate surface area is 117 Å². The molecule has 0 aromatic carbocycles. The van der Waals surface area contributed by atoms with Crippen LogP contribution >= 0.6 is 8.60 Å². The van der Waals surface area contributed by atoms with Gasteiger partial charge in [-0.05, 0) is 6.07 Å². The first-order chi connectivity index (χ1) is 9.73. The number of aromatic nitrogens is 2. The topological polar surface area (TPSA) is 140 Å². The minimum absolute atomic E-state index is 0.149. The van der Waals surface area contributed by atoms with Gasteiger partial charge in [0.2, 0.25) is 6.23 Å². The zero-order valence-electron chi connectivity index (χ0n) is 10.3. The van der Waals surface area contributed by atoms with Gasteiger partial charge < -0.3 is 29.9 Å². The van der Waals surface area contributed by atoms with Gasteiger partial charge in [-0.1, -0.05) is 0 Å². The maximum atomic E-state index is 14.0. The van der Waals surface area contributed by atoms with Gasteiger partial charge in [-0.25, -0.2) is 4.79 Å². The molecule has 0 saturated carbocycles. The molecule has 0 aliphatic carbocycles. The molecule has 1 fully saturated rings. The fourth-order valence-corrected chi connectivity index (χ4v) is 2.13. The highest BCUT2D eigenvalue weighted by Crippen LogP contribution is 2.43. The molecular formula is C9H12F2N3O6P. The number of halogens is 2. The molecule has 0 spiro atoms. The molecule has 5 N–H and O–H groups in total. The molecule has 0 radical (unpaired) electrons. The Morgan fingerprint density at radius 2 is 2.24 bits per heavy atom. The monoisotopic (exact) mass is 327 g/mol. The standard InChI is InChI=1S/C9H12F2N3O6P/c10-9(11)6(15)4(3-19-21(17)18)20-7(9)14-2-1-5(12)13-8(14)16/h1-2,4,6-7,15,17-18H,3H2,(H2,12,13,16)/t4-,6-,7-/m1/s1. The van der Waals surface area contributed by atoms with E-state index in [4.69, 9.17) is 20.3 Å². The highest BCUT2D eigenvalue weighted by atomic mass is 31.2. The summed E-state index contributed by atoms with van der Waals surface area (Å²) in [6.45, 7) is -0.677. The van der Waals surface area contributed by atoms with Crippen LogP contribution in [0.4, 0.5) is 14.6 Å². The van der Waals surface area contributed by atoms with Crippen molar-refractivity contribution in [2.45, 2.75) is 24.4 Å². The minimum Gasteiger partial charge on any atom is -0.384 e. The molecule has 2 rings (SSSR count). The number of ether oxygens (including phenoxy) is 1. The number of nitrogens with two attached hydrogens (primary N) is 1. The third-order valence-corrected chi connectivity index (χ3v) is 3.22. The Hall–Kier alpha value is -1.23. The fraction of sp³-hybridized carbons (Fsp3) is 0.556. The number of nitrogen functional groups attached to an aromatic ring is 1. The second-order valence-electron chi connectivity index (χ2n) is 4.24. The molecule has 118 valence electrons. The Balaban J connectivity index is 2.25. The molecule has 1 aliphatic rings. The first-order valence-corrected chi connectivity index (χ1v) is 6.76. The maximum absolute atomic E-state index is 14.0. The highest BCUT2D eigenvalue weighted by Gasteiger charge is 2.59. The Morgan fingerprint density at radius 3 is 2.81 bits per heavy atom. The quantitative estimate of drug-likeness (QED) is 0.513. The molecule has 1 aromatic heterocycles. The van der Waals surface area contributed by atoms with Crippen molar-refractivity contribution in [2.75, 3.05) is 12.3 Å². The van der Waals surface area contributed by atoms with Crippen LogP contribution in [0.2, 0.25) is 0 Å². The molecule has 0 amide bonds. The number of hydrogen-bond acceptors (Lipinski definition) is 8. The van der Waals surface area contributed by atoms with Crippen LogP contribution in [0.3, 0.4) is 0 Å². The first kappa shape index (κ1) is 16.1. The lowest BCUT2D eigenvalue weighted by Crippen LogP contribution is -2.41. The zero-order valence-corrected chi connectivity index (χ0v) is 11.2. The van der Waals surface area contributed by atoms with Gasteiger partial charge in [0.05, 0.1) is 6.61 Å². The van der Waals surface area contributed by atoms with Crippen LogP contribution in [0.1, 0.15) is 6.23 Å². The smallest absolute Gasteiger partial charge is 0.351 e. The molecule has 0 bridgehead atoms. The van der Waals surface area contributed by atoms with E-state index >= 15 is 0 Å². The SMILES string of the molecule is Nc1ccn([C@@H]2O[C@H](COP(O)O)[C@@H](O)C2(F)F)c(=O)n1. The van der Waals surface area contributed by atoms with E-state index in [0.717, 1.165) is 12.3 Å². The summed E-state index contributed by atoms with van der Waals surface area (Å²) in [6, 6.07) is 1.12. The number of nitrogens with zero attached hydrogens (tertiary/aromatic N) is 2. The van der Waals surface area contributed by atoms with Crippen LogP contribution < -0.4 is 11.4 Å². The van der Waals surface area contributed by atoms with Gasteiger partial charge in [0.25, 0.3) is 0 Å². The van der Waals surface area contributed by atoms with E-state index in [-0.39, 0.29) is 5.82 Å². The van der Waals surface area contributed by atoms with Gasteiger partial charge in [0.1, 0.15) is 11.9 Å². The first-order valence-electron chi connectivity index (χ1n) is 5.60. The molecule has 21 heavy (non-hydrogen) atoms. The predicted octanol–water partition coefficient (Wildman–Crippen LogP) is -1.05. The van der Waals surface area contributed by atoms with Crippen LogP contribution in [0.15, 0.2) is 17.1 Å². The molecule has 12 heteroatoms. The van der Waals surface area contributed by atoms with Crippen LogP contribution in [-0.4, -0.2) is 49.2 Å². The van der Waals surface area contributed by atoms with E-state index in [1.54, 1.807) is 0 Å². The number of aliphatic hydroxyl groups excluding tert-OH is 1. The van der Waals surface area contributed by atoms with Crippen molar-refractivity contribution < 1.29 is 32.9 Å². The largest absolute Gasteiger partial charge is 0.384 e. The van der Waals surface area contributed by atoms with Crippen molar-refractivity contribution in [3.63, 3.8) is 0 Å². The van der Waals surface area contributed by atoms with Crippen LogP contribution in [0.5, 0.6) is 0 Å². The second kappa shape index (κ2) is 5.87. The fourth-order valence-electron chi connectivity index (χ4n) is 1.85. The summed E-state index contributed by atoms with van der Waals surface area (Å²) in [6.07, 6.45) is -4.98. The molecule has 0 unspecified atom stereocenters. The third kappa shape index (κ3) is 3.18. The van der Waals surface area contributed by atoms with E-state index < -0.39 is 45.3 Å². The zero-order chi connectivity index (χ0) is 15.8. The minimum atomic E-state index is -3.80. The van der Waals surface area contributed by atoms with E-state index in [1.807, 2.05) is 0 Å². The summed E-state index contributed by atoms with van der Waals surface area (Å²) in [4.78, 5) is 32.0. The van der Waals surface area contributed by atoms with Gasteiger partial charge in [-0.15, -0.1) is 0 Å². The number of alkyl halides is 2. The lowest BCUT2D eigenvalue weighted by molar-refractivity contribution is -0.140. The summed E-state index contributed by atoms with van der Waals surface area (Å²) in [7, 11) is -2.78. The Morgan fingerprint density at radius 1 is 1.57 bits per heavy atom. The molecule has 2 heterocycles. The number of anilines is 1. The molecule has 9 nitrogen and oxygen atoms in total. The lowest BCUT2D eigenvalue weighted by atomic mass is 10.1. The van der Waals surface area contributed by atoms with Gasteiger partial charge in [0.15, 0.2) is 6.10 Å². The third-order valence-electron chi connectivity index (χ3n) is 2.84. The van der Waals surface area contributed by atoms with E-state index in [0.29, 0.717) is 4.57 Å². The highest BCUT2D eigenvalue weighted by molar-refractivity contribution is 7.39. The van der Waals surface area contributed by atoms with Crippen molar-refractivity contribution in [3.05, 3.63) is 22.7 Å². The molecule has 3 atom stereocenters. The van der Waals surface area contributed by atoms with Crippen molar-refractivity contribution in [1.29, 1.82) is 0 Å². The lowest BCUT2D eigenvalue weighted by Gasteiger charge is -2.20. The summed E-state index contributed by atoms with van der Waals surface area (Å²) in [5.41, 5.74) is 4.18. The number of rotatable bonds is 4. The normalized spacial score (nSPS) is 28.2. The number of hydrogen-bond donors (Lipinski definition) is 4. The van der Waals surface area contributed by atoms with E-state index in [2.05, 4.69) is 9.51 Å². The number of aliphatic hydroxyl groups is 1. The molecular weight excluding hydrogens is 315 g/mol. The second-order valence-corrected chi connectivity index (χ2v) is 5.00. The van der Waals surface area contributed by atoms with Crippen LogP contribution in [0, 0.1) is 0 Å². The summed E-state index contributed by atoms with van der Waals surface area (Å²) in [5, 5.41) is 9.54. The summed E-state index contributed by atoms with van der Waals surface area (Å²) in [5.74, 6) is -3.95. The average Bonchev–Trinajstić information content (AvgIpc) is 2.60.